The van der Waals surface area contributed by atoms with E-state index in [1.807, 2.05) is 6.92 Å². The number of hydrogen-bond acceptors (Lipinski definition) is 8. The molecule has 0 radical (unpaired) electrons. The minimum Gasteiger partial charge on any atom is -0.451 e. The van der Waals surface area contributed by atoms with E-state index in [2.05, 4.69) is 10.6 Å². The first-order valence-electron chi connectivity index (χ1n) is 12.2. The molecule has 0 bridgehead atoms. The standard InChI is InChI=1S/C25H28F2N4O8/c1-14-5-7-37-19-12-30-11-17(23(33)29-10-15-3-4-16(26)9-18(15)27)21(32)22(20(30)24(34)31(14)19)38-13-39-25(35)28-6-8-36-2/h3-4,9,11,14,19H,5-8,10,12-13H2,1-2H3,(H,28,35)(H,29,33). The van der Waals surface area contributed by atoms with Gasteiger partial charge in [0.25, 0.3) is 11.8 Å². The van der Waals surface area contributed by atoms with Crippen LogP contribution in [0.3, 0.4) is 0 Å². The van der Waals surface area contributed by atoms with Crippen LogP contribution in [0.25, 0.3) is 0 Å². The van der Waals surface area contributed by atoms with Crippen molar-refractivity contribution in [1.29, 1.82) is 0 Å². The van der Waals surface area contributed by atoms with Crippen molar-refractivity contribution >= 4 is 17.9 Å². The number of methoxy groups -OCH3 is 1. The molecule has 4 rings (SSSR count). The molecule has 3 amide bonds. The number of amides is 3. The molecule has 210 valence electrons. The van der Waals surface area contributed by atoms with Gasteiger partial charge < -0.3 is 39.0 Å². The maximum absolute atomic E-state index is 14.0. The monoisotopic (exact) mass is 550 g/mol. The summed E-state index contributed by atoms with van der Waals surface area (Å²) in [6.07, 6.45) is 0.321. The van der Waals surface area contributed by atoms with Gasteiger partial charge in [0.05, 0.1) is 19.8 Å². The van der Waals surface area contributed by atoms with Crippen LogP contribution < -0.4 is 20.8 Å². The van der Waals surface area contributed by atoms with Crippen LogP contribution >= 0.6 is 0 Å². The molecule has 2 atom stereocenters. The number of ether oxygens (including phenoxy) is 4. The number of pyridine rings is 1. The zero-order chi connectivity index (χ0) is 28.1. The van der Waals surface area contributed by atoms with E-state index in [4.69, 9.17) is 18.9 Å². The van der Waals surface area contributed by atoms with Gasteiger partial charge in [0, 0.05) is 44.1 Å². The first kappa shape index (κ1) is 28.0. The van der Waals surface area contributed by atoms with Crippen molar-refractivity contribution in [2.24, 2.45) is 0 Å². The van der Waals surface area contributed by atoms with Crippen molar-refractivity contribution in [3.05, 3.63) is 63.1 Å². The molecular formula is C25H28F2N4O8. The predicted octanol–water partition coefficient (Wildman–Crippen LogP) is 1.36. The Balaban J connectivity index is 1.61. The SMILES string of the molecule is COCCNC(=O)OCOc1c2n(cc(C(=O)NCc3ccc(F)cc3F)c1=O)CC1OCCC(C)N1C2=O. The van der Waals surface area contributed by atoms with Crippen molar-refractivity contribution < 1.29 is 42.1 Å². The van der Waals surface area contributed by atoms with Gasteiger partial charge in [-0.3, -0.25) is 14.4 Å². The zero-order valence-corrected chi connectivity index (χ0v) is 21.3. The Kier molecular flexibility index (Phi) is 8.76. The first-order chi connectivity index (χ1) is 18.7. The van der Waals surface area contributed by atoms with E-state index < -0.39 is 59.3 Å². The van der Waals surface area contributed by atoms with Crippen molar-refractivity contribution in [2.45, 2.75) is 38.7 Å². The molecule has 1 aromatic heterocycles. The molecule has 1 aromatic carbocycles. The molecule has 14 heteroatoms. The molecule has 12 nitrogen and oxygen atoms in total. The molecule has 3 heterocycles. The summed E-state index contributed by atoms with van der Waals surface area (Å²) >= 11 is 0. The molecule has 39 heavy (non-hydrogen) atoms. The van der Waals surface area contributed by atoms with E-state index in [1.54, 1.807) is 0 Å². The van der Waals surface area contributed by atoms with E-state index >= 15 is 0 Å². The molecule has 2 unspecified atom stereocenters. The number of halogens is 2. The third-order valence-corrected chi connectivity index (χ3v) is 6.33. The number of fused-ring (bicyclic) bond motifs is 2. The van der Waals surface area contributed by atoms with Crippen LogP contribution in [0.4, 0.5) is 13.6 Å². The van der Waals surface area contributed by atoms with Crippen molar-refractivity contribution in [2.75, 3.05) is 33.7 Å². The Morgan fingerprint density at radius 1 is 1.21 bits per heavy atom. The average molecular weight is 551 g/mol. The second-order valence-corrected chi connectivity index (χ2v) is 8.91. The van der Waals surface area contributed by atoms with E-state index in [-0.39, 0.29) is 43.5 Å². The van der Waals surface area contributed by atoms with E-state index in [0.717, 1.165) is 6.07 Å². The molecule has 2 aliphatic heterocycles. The van der Waals surface area contributed by atoms with Gasteiger partial charge in [-0.25, -0.2) is 13.6 Å². The zero-order valence-electron chi connectivity index (χ0n) is 21.3. The van der Waals surface area contributed by atoms with Gasteiger partial charge >= 0.3 is 6.09 Å². The Bertz CT molecular complexity index is 1320. The van der Waals surface area contributed by atoms with Crippen molar-refractivity contribution in [1.82, 2.24) is 20.1 Å². The smallest absolute Gasteiger partial charge is 0.410 e. The summed E-state index contributed by atoms with van der Waals surface area (Å²) in [4.78, 5) is 53.2. The van der Waals surface area contributed by atoms with Crippen molar-refractivity contribution in [3.8, 4) is 5.75 Å². The number of hydrogen-bond donors (Lipinski definition) is 2. The summed E-state index contributed by atoms with van der Waals surface area (Å²) in [5.74, 6) is -3.55. The molecule has 1 fully saturated rings. The van der Waals surface area contributed by atoms with Crippen LogP contribution in [0, 0.1) is 11.6 Å². The van der Waals surface area contributed by atoms with Gasteiger partial charge in [-0.2, -0.15) is 0 Å². The van der Waals surface area contributed by atoms with Gasteiger partial charge in [-0.15, -0.1) is 0 Å². The minimum absolute atomic E-state index is 0.00239. The fourth-order valence-corrected chi connectivity index (χ4v) is 4.32. The Hall–Kier alpha value is -4.04. The van der Waals surface area contributed by atoms with Crippen LogP contribution in [0.15, 0.2) is 29.2 Å². The number of alkyl carbamates (subject to hydrolysis) is 1. The summed E-state index contributed by atoms with van der Waals surface area (Å²) in [5.41, 5.74) is -1.45. The lowest BCUT2D eigenvalue weighted by molar-refractivity contribution is -0.112. The highest BCUT2D eigenvalue weighted by molar-refractivity contribution is 5.99. The third-order valence-electron chi connectivity index (χ3n) is 6.33. The summed E-state index contributed by atoms with van der Waals surface area (Å²) in [5, 5.41) is 4.83. The normalized spacial score (nSPS) is 18.2. The largest absolute Gasteiger partial charge is 0.451 e. The Morgan fingerprint density at radius 2 is 2.00 bits per heavy atom. The number of benzene rings is 1. The highest BCUT2D eigenvalue weighted by Gasteiger charge is 2.41. The predicted molar refractivity (Wildman–Crippen MR) is 130 cm³/mol. The molecular weight excluding hydrogens is 522 g/mol. The summed E-state index contributed by atoms with van der Waals surface area (Å²) in [7, 11) is 1.46. The molecule has 1 saturated heterocycles. The van der Waals surface area contributed by atoms with Crippen LogP contribution in [0.5, 0.6) is 5.75 Å². The molecule has 2 N–H and O–H groups in total. The summed E-state index contributed by atoms with van der Waals surface area (Å²) in [6.45, 7) is 1.74. The molecule has 0 aliphatic carbocycles. The van der Waals surface area contributed by atoms with E-state index in [1.165, 1.54) is 28.8 Å². The lowest BCUT2D eigenvalue weighted by Gasteiger charge is -2.44. The highest BCUT2D eigenvalue weighted by Crippen LogP contribution is 2.30. The number of aromatic nitrogens is 1. The van der Waals surface area contributed by atoms with Crippen LogP contribution in [-0.4, -0.2) is 73.3 Å². The van der Waals surface area contributed by atoms with Gasteiger partial charge in [0.15, 0.2) is 11.9 Å². The van der Waals surface area contributed by atoms with Gasteiger partial charge in [0.2, 0.25) is 18.0 Å². The summed E-state index contributed by atoms with van der Waals surface area (Å²) < 4.78 is 49.6. The van der Waals surface area contributed by atoms with Gasteiger partial charge in [-0.05, 0) is 19.4 Å². The average Bonchev–Trinajstić information content (AvgIpc) is 2.89. The highest BCUT2D eigenvalue weighted by atomic mass is 19.1. The van der Waals surface area contributed by atoms with Gasteiger partial charge in [-0.1, -0.05) is 6.07 Å². The lowest BCUT2D eigenvalue weighted by atomic mass is 10.1. The number of rotatable bonds is 9. The number of carbonyl (C=O) groups excluding carboxylic acids is 3. The molecule has 2 aliphatic rings. The van der Waals surface area contributed by atoms with E-state index in [9.17, 15) is 28.0 Å². The van der Waals surface area contributed by atoms with Crippen molar-refractivity contribution in [3.63, 3.8) is 0 Å². The second-order valence-electron chi connectivity index (χ2n) is 8.91. The number of nitrogens with one attached hydrogen (secondary N) is 2. The molecule has 2 aromatic rings. The Morgan fingerprint density at radius 3 is 2.74 bits per heavy atom. The molecule has 0 saturated carbocycles. The maximum atomic E-state index is 14.0. The lowest BCUT2D eigenvalue weighted by Crippen LogP contribution is -2.57. The van der Waals surface area contributed by atoms with Crippen LogP contribution in [0.1, 0.15) is 39.8 Å². The second kappa shape index (κ2) is 12.2. The number of nitrogens with zero attached hydrogens (tertiary/aromatic N) is 2. The Labute approximate surface area is 221 Å². The van der Waals surface area contributed by atoms with E-state index in [0.29, 0.717) is 19.1 Å². The number of carbonyl (C=O) groups is 3. The van der Waals surface area contributed by atoms with Crippen LogP contribution in [0.2, 0.25) is 0 Å². The summed E-state index contributed by atoms with van der Waals surface area (Å²) in [6, 6.07) is 2.71. The third kappa shape index (κ3) is 6.17. The first-order valence-corrected chi connectivity index (χ1v) is 12.2. The van der Waals surface area contributed by atoms with Gasteiger partial charge in [0.1, 0.15) is 17.2 Å². The minimum atomic E-state index is -0.931. The quantitative estimate of drug-likeness (QED) is 0.353. The molecule has 0 spiro atoms. The maximum Gasteiger partial charge on any atom is 0.410 e. The fraction of sp³-hybridized carbons (Fsp3) is 0.440. The van der Waals surface area contributed by atoms with Crippen LogP contribution in [-0.2, 0) is 27.3 Å². The fourth-order valence-electron chi connectivity index (χ4n) is 4.32. The topological polar surface area (TPSA) is 137 Å².